The van der Waals surface area contributed by atoms with Crippen molar-refractivity contribution >= 4 is 34.7 Å². The van der Waals surface area contributed by atoms with E-state index in [1.54, 1.807) is 22.6 Å². The van der Waals surface area contributed by atoms with Crippen LogP contribution in [0, 0.1) is 0 Å². The van der Waals surface area contributed by atoms with Gasteiger partial charge in [-0.3, -0.25) is 4.40 Å². The molecule has 0 bridgehead atoms. The van der Waals surface area contributed by atoms with E-state index in [4.69, 9.17) is 28.9 Å². The van der Waals surface area contributed by atoms with Crippen molar-refractivity contribution in [2.75, 3.05) is 5.73 Å². The van der Waals surface area contributed by atoms with Crippen molar-refractivity contribution in [2.24, 2.45) is 0 Å². The third-order valence-corrected chi connectivity index (χ3v) is 3.40. The number of aromatic nitrogens is 2. The molecule has 2 aromatic heterocycles. The first-order chi connectivity index (χ1) is 8.68. The fourth-order valence-electron chi connectivity index (χ4n) is 1.92. The van der Waals surface area contributed by atoms with Crippen LogP contribution in [-0.4, -0.2) is 9.38 Å². The summed E-state index contributed by atoms with van der Waals surface area (Å²) in [7, 11) is 0. The van der Waals surface area contributed by atoms with E-state index < -0.39 is 0 Å². The molecule has 90 valence electrons. The van der Waals surface area contributed by atoms with E-state index in [0.717, 1.165) is 5.65 Å². The molecular weight excluding hydrogens is 269 g/mol. The van der Waals surface area contributed by atoms with E-state index >= 15 is 0 Å². The summed E-state index contributed by atoms with van der Waals surface area (Å²) in [5.41, 5.74) is 8.13. The molecule has 18 heavy (non-hydrogen) atoms. The number of nitrogen functional groups attached to an aromatic ring is 1. The van der Waals surface area contributed by atoms with Crippen LogP contribution >= 0.6 is 23.2 Å². The first-order valence-electron chi connectivity index (χ1n) is 5.35. The van der Waals surface area contributed by atoms with Crippen molar-refractivity contribution < 1.29 is 0 Å². The van der Waals surface area contributed by atoms with Gasteiger partial charge in [-0.15, -0.1) is 0 Å². The van der Waals surface area contributed by atoms with Crippen LogP contribution in [0.5, 0.6) is 0 Å². The number of pyridine rings is 1. The summed E-state index contributed by atoms with van der Waals surface area (Å²) >= 11 is 12.3. The van der Waals surface area contributed by atoms with E-state index in [9.17, 15) is 0 Å². The highest BCUT2D eigenvalue weighted by atomic mass is 35.5. The molecule has 0 aliphatic rings. The Hall–Kier alpha value is -1.71. The number of nitrogens with two attached hydrogens (primary N) is 1. The lowest BCUT2D eigenvalue weighted by atomic mass is 10.1. The Morgan fingerprint density at radius 3 is 2.39 bits per heavy atom. The average molecular weight is 278 g/mol. The number of anilines is 1. The summed E-state index contributed by atoms with van der Waals surface area (Å²) in [5.74, 6) is 0.528. The average Bonchev–Trinajstić information content (AvgIpc) is 2.68. The second-order valence-electron chi connectivity index (χ2n) is 3.87. The molecule has 0 spiro atoms. The largest absolute Gasteiger partial charge is 0.383 e. The summed E-state index contributed by atoms with van der Waals surface area (Å²) in [4.78, 5) is 4.47. The van der Waals surface area contributed by atoms with Gasteiger partial charge in [-0.1, -0.05) is 35.3 Å². The van der Waals surface area contributed by atoms with E-state index in [2.05, 4.69) is 4.98 Å². The number of hydrogen-bond acceptors (Lipinski definition) is 2. The Morgan fingerprint density at radius 2 is 1.72 bits per heavy atom. The number of halogens is 2. The van der Waals surface area contributed by atoms with Crippen LogP contribution in [-0.2, 0) is 0 Å². The van der Waals surface area contributed by atoms with Gasteiger partial charge in [0.1, 0.15) is 17.2 Å². The predicted molar refractivity (Wildman–Crippen MR) is 75.1 cm³/mol. The Morgan fingerprint density at radius 1 is 1.00 bits per heavy atom. The Balaban J connectivity index is 2.36. The third kappa shape index (κ3) is 1.64. The van der Waals surface area contributed by atoms with Gasteiger partial charge in [0, 0.05) is 11.8 Å². The number of nitrogens with zero attached hydrogens (tertiary/aromatic N) is 2. The van der Waals surface area contributed by atoms with Crippen LogP contribution in [0.2, 0.25) is 10.0 Å². The molecule has 3 aromatic rings. The van der Waals surface area contributed by atoms with E-state index in [1.165, 1.54) is 0 Å². The molecule has 0 saturated heterocycles. The summed E-state index contributed by atoms with van der Waals surface area (Å²) in [6, 6.07) is 11.0. The highest BCUT2D eigenvalue weighted by Crippen LogP contribution is 2.37. The predicted octanol–water partition coefficient (Wildman–Crippen LogP) is 3.89. The van der Waals surface area contributed by atoms with Crippen LogP contribution in [0.25, 0.3) is 16.9 Å². The minimum absolute atomic E-state index is 0.528. The first-order valence-corrected chi connectivity index (χ1v) is 6.11. The molecule has 0 aliphatic heterocycles. The smallest absolute Gasteiger partial charge is 0.139 e. The van der Waals surface area contributed by atoms with Crippen LogP contribution < -0.4 is 5.73 Å². The normalized spacial score (nSPS) is 11.0. The molecule has 0 radical (unpaired) electrons. The van der Waals surface area contributed by atoms with Gasteiger partial charge in [-0.05, 0) is 24.3 Å². The molecule has 2 heterocycles. The van der Waals surface area contributed by atoms with Crippen molar-refractivity contribution in [3.8, 4) is 11.3 Å². The lowest BCUT2D eigenvalue weighted by Crippen LogP contribution is -1.94. The van der Waals surface area contributed by atoms with Crippen molar-refractivity contribution in [3.63, 3.8) is 0 Å². The van der Waals surface area contributed by atoms with E-state index in [1.807, 2.05) is 24.4 Å². The fourth-order valence-corrected chi connectivity index (χ4v) is 2.50. The van der Waals surface area contributed by atoms with Crippen LogP contribution in [0.3, 0.4) is 0 Å². The number of fused-ring (bicyclic) bond motifs is 1. The molecule has 0 atom stereocenters. The van der Waals surface area contributed by atoms with Gasteiger partial charge < -0.3 is 5.73 Å². The van der Waals surface area contributed by atoms with Gasteiger partial charge in [0.25, 0.3) is 0 Å². The number of rotatable bonds is 1. The van der Waals surface area contributed by atoms with Crippen LogP contribution in [0.15, 0.2) is 42.6 Å². The highest BCUT2D eigenvalue weighted by molar-refractivity contribution is 6.39. The Bertz CT molecular complexity index is 714. The fraction of sp³-hybridized carbons (Fsp3) is 0. The zero-order valence-corrected chi connectivity index (χ0v) is 10.8. The molecule has 3 nitrogen and oxygen atoms in total. The van der Waals surface area contributed by atoms with E-state index in [0.29, 0.717) is 27.1 Å². The van der Waals surface area contributed by atoms with Crippen molar-refractivity contribution in [1.82, 2.24) is 9.38 Å². The molecule has 5 heteroatoms. The van der Waals surface area contributed by atoms with Gasteiger partial charge >= 0.3 is 0 Å². The molecule has 0 unspecified atom stereocenters. The SMILES string of the molecule is Nc1c(-c2c(Cl)cccc2Cl)nc2ccccn12. The summed E-state index contributed by atoms with van der Waals surface area (Å²) < 4.78 is 1.80. The third-order valence-electron chi connectivity index (χ3n) is 2.77. The quantitative estimate of drug-likeness (QED) is 0.733. The molecule has 0 amide bonds. The monoisotopic (exact) mass is 277 g/mol. The number of hydrogen-bond donors (Lipinski definition) is 1. The van der Waals surface area contributed by atoms with Gasteiger partial charge in [0.2, 0.25) is 0 Å². The Kier molecular flexibility index (Phi) is 2.65. The van der Waals surface area contributed by atoms with Crippen molar-refractivity contribution in [2.45, 2.75) is 0 Å². The molecule has 0 saturated carbocycles. The summed E-state index contributed by atoms with van der Waals surface area (Å²) in [6.07, 6.45) is 1.85. The first kappa shape index (κ1) is 11.4. The second-order valence-corrected chi connectivity index (χ2v) is 4.69. The van der Waals surface area contributed by atoms with Crippen molar-refractivity contribution in [1.29, 1.82) is 0 Å². The summed E-state index contributed by atoms with van der Waals surface area (Å²) in [6.45, 7) is 0. The maximum Gasteiger partial charge on any atom is 0.139 e. The van der Waals surface area contributed by atoms with Gasteiger partial charge in [0.05, 0.1) is 10.0 Å². The zero-order valence-electron chi connectivity index (χ0n) is 9.27. The lowest BCUT2D eigenvalue weighted by Gasteiger charge is -2.04. The summed E-state index contributed by atoms with van der Waals surface area (Å²) in [5, 5.41) is 1.08. The molecule has 3 rings (SSSR count). The lowest BCUT2D eigenvalue weighted by molar-refractivity contribution is 1.20. The standard InChI is InChI=1S/C13H9Cl2N3/c14-8-4-3-5-9(15)11(8)12-13(16)18-7-2-1-6-10(18)17-12/h1-7H,16H2. The van der Waals surface area contributed by atoms with Crippen LogP contribution in [0.4, 0.5) is 5.82 Å². The van der Waals surface area contributed by atoms with E-state index in [-0.39, 0.29) is 0 Å². The van der Waals surface area contributed by atoms with Crippen molar-refractivity contribution in [3.05, 3.63) is 52.6 Å². The Labute approximate surface area is 114 Å². The second kappa shape index (κ2) is 4.19. The van der Waals surface area contributed by atoms with Gasteiger partial charge in [0.15, 0.2) is 0 Å². The zero-order chi connectivity index (χ0) is 12.7. The molecule has 2 N–H and O–H groups in total. The highest BCUT2D eigenvalue weighted by Gasteiger charge is 2.16. The molecule has 1 aromatic carbocycles. The maximum atomic E-state index is 6.17. The minimum Gasteiger partial charge on any atom is -0.383 e. The number of benzene rings is 1. The topological polar surface area (TPSA) is 43.3 Å². The molecule has 0 aliphatic carbocycles. The van der Waals surface area contributed by atoms with Gasteiger partial charge in [-0.2, -0.15) is 0 Å². The number of imidazole rings is 1. The molecular formula is C13H9Cl2N3. The van der Waals surface area contributed by atoms with Crippen LogP contribution in [0.1, 0.15) is 0 Å². The van der Waals surface area contributed by atoms with Gasteiger partial charge in [-0.25, -0.2) is 4.98 Å². The molecule has 0 fully saturated rings. The maximum absolute atomic E-state index is 6.17. The minimum atomic E-state index is 0.528.